The number of rotatable bonds is 10. The highest BCUT2D eigenvalue weighted by Crippen LogP contribution is 2.34. The number of benzene rings is 1. The normalized spacial score (nSPS) is 16.7. The molecule has 1 saturated carbocycles. The van der Waals surface area contributed by atoms with E-state index < -0.39 is 23.8 Å². The molecule has 1 aliphatic carbocycles. The van der Waals surface area contributed by atoms with Crippen molar-refractivity contribution in [2.45, 2.75) is 110 Å². The van der Waals surface area contributed by atoms with Crippen LogP contribution < -0.4 is 10.6 Å². The van der Waals surface area contributed by atoms with Gasteiger partial charge in [0.2, 0.25) is 11.8 Å². The molecule has 0 spiro atoms. The average molecular weight is 474 g/mol. The summed E-state index contributed by atoms with van der Waals surface area (Å²) in [5.41, 5.74) is 0.0909. The van der Waals surface area contributed by atoms with Gasteiger partial charge in [-0.2, -0.15) is 0 Å². The van der Waals surface area contributed by atoms with Crippen LogP contribution in [0.2, 0.25) is 0 Å². The van der Waals surface area contributed by atoms with Crippen molar-refractivity contribution in [2.24, 2.45) is 5.92 Å². The molecular formula is C27H43N3O4. The van der Waals surface area contributed by atoms with Crippen molar-refractivity contribution in [1.82, 2.24) is 15.5 Å². The average Bonchev–Trinajstić information content (AvgIpc) is 2.69. The molecule has 0 heterocycles. The second-order valence-corrected chi connectivity index (χ2v) is 10.7. The Bertz CT molecular complexity index is 815. The molecule has 7 nitrogen and oxygen atoms in total. The third kappa shape index (κ3) is 7.74. The number of carbonyl (C=O) groups excluding carboxylic acids is 3. The Kier molecular flexibility index (Phi) is 9.95. The largest absolute Gasteiger partial charge is 0.444 e. The third-order valence-corrected chi connectivity index (χ3v) is 6.08. The zero-order valence-electron chi connectivity index (χ0n) is 21.9. The molecule has 7 heteroatoms. The Balaban J connectivity index is 2.42. The van der Waals surface area contributed by atoms with E-state index in [0.717, 1.165) is 37.7 Å². The summed E-state index contributed by atoms with van der Waals surface area (Å²) in [5, 5.41) is 5.89. The minimum Gasteiger partial charge on any atom is -0.444 e. The molecule has 190 valence electrons. The van der Waals surface area contributed by atoms with Crippen molar-refractivity contribution >= 4 is 17.9 Å². The van der Waals surface area contributed by atoms with E-state index in [1.165, 1.54) is 0 Å². The zero-order valence-corrected chi connectivity index (χ0v) is 21.9. The number of nitrogens with one attached hydrogen (secondary N) is 2. The highest BCUT2D eigenvalue weighted by molar-refractivity contribution is 5.92. The van der Waals surface area contributed by atoms with Gasteiger partial charge in [0.15, 0.2) is 0 Å². The number of hydrogen-bond acceptors (Lipinski definition) is 4. The van der Waals surface area contributed by atoms with Crippen molar-refractivity contribution in [1.29, 1.82) is 0 Å². The maximum absolute atomic E-state index is 14.0. The van der Waals surface area contributed by atoms with Crippen LogP contribution in [0, 0.1) is 5.92 Å². The van der Waals surface area contributed by atoms with E-state index in [-0.39, 0.29) is 29.8 Å². The molecule has 3 unspecified atom stereocenters. The molecule has 0 aromatic heterocycles. The first-order valence-electron chi connectivity index (χ1n) is 12.6. The maximum Gasteiger partial charge on any atom is 0.408 e. The van der Waals surface area contributed by atoms with Crippen LogP contribution in [0.25, 0.3) is 0 Å². The van der Waals surface area contributed by atoms with Crippen LogP contribution in [0.1, 0.15) is 92.2 Å². The SMILES string of the molecule is CCCC(C)NC(=O)C(c1ccccc1)N(C(=O)C(NC(=O)OC(C)(C)C)C(C)C)C1CCC1. The Morgan fingerprint density at radius 3 is 2.15 bits per heavy atom. The van der Waals surface area contributed by atoms with E-state index in [1.807, 2.05) is 51.1 Å². The van der Waals surface area contributed by atoms with Crippen LogP contribution in [0.3, 0.4) is 0 Å². The number of amides is 3. The van der Waals surface area contributed by atoms with Crippen LogP contribution in [0.5, 0.6) is 0 Å². The Morgan fingerprint density at radius 1 is 1.06 bits per heavy atom. The summed E-state index contributed by atoms with van der Waals surface area (Å²) in [6.07, 6.45) is 3.87. The van der Waals surface area contributed by atoms with E-state index in [1.54, 1.807) is 25.7 Å². The van der Waals surface area contributed by atoms with Crippen molar-refractivity contribution in [3.63, 3.8) is 0 Å². The van der Waals surface area contributed by atoms with Crippen molar-refractivity contribution in [3.05, 3.63) is 35.9 Å². The first kappa shape index (κ1) is 27.7. The van der Waals surface area contributed by atoms with E-state index in [9.17, 15) is 14.4 Å². The predicted molar refractivity (Wildman–Crippen MR) is 134 cm³/mol. The molecule has 2 N–H and O–H groups in total. The summed E-state index contributed by atoms with van der Waals surface area (Å²) < 4.78 is 5.42. The summed E-state index contributed by atoms with van der Waals surface area (Å²) in [6, 6.07) is 7.82. The van der Waals surface area contributed by atoms with E-state index in [0.29, 0.717) is 0 Å². The van der Waals surface area contributed by atoms with E-state index in [2.05, 4.69) is 17.6 Å². The van der Waals surface area contributed by atoms with Crippen molar-refractivity contribution in [2.75, 3.05) is 0 Å². The molecule has 34 heavy (non-hydrogen) atoms. The van der Waals surface area contributed by atoms with Crippen molar-refractivity contribution in [3.8, 4) is 0 Å². The van der Waals surface area contributed by atoms with Gasteiger partial charge >= 0.3 is 6.09 Å². The molecule has 3 atom stereocenters. The minimum atomic E-state index is -0.803. The Morgan fingerprint density at radius 2 is 1.68 bits per heavy atom. The monoisotopic (exact) mass is 473 g/mol. The second kappa shape index (κ2) is 12.2. The lowest BCUT2D eigenvalue weighted by Crippen LogP contribution is -2.59. The number of nitrogens with zero attached hydrogens (tertiary/aromatic N) is 1. The van der Waals surface area contributed by atoms with E-state index >= 15 is 0 Å². The minimum absolute atomic E-state index is 0.00263. The molecule has 0 radical (unpaired) electrons. The van der Waals surface area contributed by atoms with Crippen LogP contribution >= 0.6 is 0 Å². The summed E-state index contributed by atoms with van der Waals surface area (Å²) in [6.45, 7) is 13.2. The number of ether oxygens (including phenoxy) is 1. The van der Waals surface area contributed by atoms with Gasteiger partial charge in [-0.05, 0) is 64.9 Å². The number of hydrogen-bond donors (Lipinski definition) is 2. The smallest absolute Gasteiger partial charge is 0.408 e. The fourth-order valence-electron chi connectivity index (χ4n) is 4.19. The quantitative estimate of drug-likeness (QED) is 0.503. The maximum atomic E-state index is 14.0. The van der Waals surface area contributed by atoms with Gasteiger partial charge in [0.25, 0.3) is 0 Å². The molecule has 3 amide bonds. The molecule has 0 aliphatic heterocycles. The molecule has 1 fully saturated rings. The number of alkyl carbamates (subject to hydrolysis) is 1. The van der Waals surface area contributed by atoms with Crippen LogP contribution in [-0.4, -0.2) is 46.5 Å². The number of carbonyl (C=O) groups is 3. The highest BCUT2D eigenvalue weighted by Gasteiger charge is 2.42. The van der Waals surface area contributed by atoms with Crippen molar-refractivity contribution < 1.29 is 19.1 Å². The van der Waals surface area contributed by atoms with Crippen LogP contribution in [0.15, 0.2) is 30.3 Å². The van der Waals surface area contributed by atoms with Gasteiger partial charge in [-0.1, -0.05) is 57.5 Å². The van der Waals surface area contributed by atoms with Gasteiger partial charge in [-0.3, -0.25) is 9.59 Å². The molecule has 1 aliphatic rings. The topological polar surface area (TPSA) is 87.7 Å². The molecule has 1 aromatic carbocycles. The first-order chi connectivity index (χ1) is 15.9. The standard InChI is InChI=1S/C27H43N3O4/c1-8-13-19(4)28-24(31)23(20-14-10-9-11-15-20)30(21-16-12-17-21)25(32)22(18(2)3)29-26(33)34-27(5,6)7/h9-11,14-15,18-19,21-23H,8,12-13,16-17H2,1-7H3,(H,28,31)(H,29,33). The molecule has 0 bridgehead atoms. The van der Waals surface area contributed by atoms with Gasteiger partial charge in [-0.15, -0.1) is 0 Å². The first-order valence-corrected chi connectivity index (χ1v) is 12.6. The molecule has 1 aromatic rings. The predicted octanol–water partition coefficient (Wildman–Crippen LogP) is 4.96. The Labute approximate surface area is 205 Å². The van der Waals surface area contributed by atoms with Crippen LogP contribution in [0.4, 0.5) is 4.79 Å². The lowest BCUT2D eigenvalue weighted by Gasteiger charge is -2.44. The molecule has 2 rings (SSSR count). The lowest BCUT2D eigenvalue weighted by molar-refractivity contribution is -0.148. The van der Waals surface area contributed by atoms with Crippen LogP contribution in [-0.2, 0) is 14.3 Å². The highest BCUT2D eigenvalue weighted by atomic mass is 16.6. The van der Waals surface area contributed by atoms with E-state index in [4.69, 9.17) is 4.74 Å². The Hall–Kier alpha value is -2.57. The van der Waals surface area contributed by atoms with Gasteiger partial charge in [0.1, 0.15) is 17.7 Å². The van der Waals surface area contributed by atoms with Gasteiger partial charge < -0.3 is 20.3 Å². The second-order valence-electron chi connectivity index (χ2n) is 10.7. The zero-order chi connectivity index (χ0) is 25.5. The third-order valence-electron chi connectivity index (χ3n) is 6.08. The molecule has 0 saturated heterocycles. The fraction of sp³-hybridized carbons (Fsp3) is 0.667. The summed E-state index contributed by atoms with van der Waals surface area (Å²) in [7, 11) is 0. The van der Waals surface area contributed by atoms with Gasteiger partial charge in [0.05, 0.1) is 0 Å². The van der Waals surface area contributed by atoms with Gasteiger partial charge in [-0.25, -0.2) is 4.79 Å². The summed E-state index contributed by atoms with van der Waals surface area (Å²) >= 11 is 0. The summed E-state index contributed by atoms with van der Waals surface area (Å²) in [5.74, 6) is -0.619. The lowest BCUT2D eigenvalue weighted by atomic mass is 9.87. The van der Waals surface area contributed by atoms with Gasteiger partial charge in [0, 0.05) is 12.1 Å². The fourth-order valence-corrected chi connectivity index (χ4v) is 4.19. The molecular weight excluding hydrogens is 430 g/mol. The summed E-state index contributed by atoms with van der Waals surface area (Å²) in [4.78, 5) is 41.9.